The number of rotatable bonds is 6. The molecule has 0 unspecified atom stereocenters. The van der Waals surface area contributed by atoms with Crippen molar-refractivity contribution in [3.05, 3.63) is 35.9 Å². The van der Waals surface area contributed by atoms with Gasteiger partial charge in [0.15, 0.2) is 11.5 Å². The third-order valence-electron chi connectivity index (χ3n) is 9.25. The minimum Gasteiger partial charge on any atom is -0.493 e. The minimum absolute atomic E-state index is 0.146. The number of carbonyl (C=O) groups is 2. The third kappa shape index (κ3) is 1.28. The van der Waals surface area contributed by atoms with E-state index in [0.29, 0.717) is 35.8 Å². The fraction of sp³-hybridized carbons (Fsp3) is 0.478. The summed E-state index contributed by atoms with van der Waals surface area (Å²) < 4.78 is 10.7. The molecule has 6 saturated carbocycles. The van der Waals surface area contributed by atoms with Crippen molar-refractivity contribution in [2.75, 3.05) is 14.2 Å². The highest BCUT2D eigenvalue weighted by molar-refractivity contribution is 5.98. The number of ether oxygens (including phenoxy) is 2. The predicted molar refractivity (Wildman–Crippen MR) is 102 cm³/mol. The van der Waals surface area contributed by atoms with Gasteiger partial charge in [-0.3, -0.25) is 9.59 Å². The summed E-state index contributed by atoms with van der Waals surface area (Å²) in [6.45, 7) is 0.487. The molecule has 2 aromatic rings. The number of aliphatic carboxylic acids is 1. The first kappa shape index (κ1) is 16.1. The fourth-order valence-electron chi connectivity index (χ4n) is 8.48. The zero-order valence-electron chi connectivity index (χ0n) is 16.1. The summed E-state index contributed by atoms with van der Waals surface area (Å²) in [5.41, 5.74) is 0.405. The summed E-state index contributed by atoms with van der Waals surface area (Å²) in [6, 6.07) is 10.0. The van der Waals surface area contributed by atoms with E-state index in [0.717, 1.165) is 16.3 Å². The van der Waals surface area contributed by atoms with Crippen molar-refractivity contribution in [2.45, 2.75) is 6.54 Å². The number of amides is 1. The Morgan fingerprint density at radius 3 is 2.00 bits per heavy atom. The number of carbonyl (C=O) groups excluding carboxylic acids is 1. The molecular formula is C23H21NO5. The first-order valence-corrected chi connectivity index (χ1v) is 10.2. The topological polar surface area (TPSA) is 84.9 Å². The summed E-state index contributed by atoms with van der Waals surface area (Å²) in [5, 5.41) is 14.8. The second-order valence-electron chi connectivity index (χ2n) is 9.40. The summed E-state index contributed by atoms with van der Waals surface area (Å²) in [7, 11) is 3.24. The second-order valence-corrected chi connectivity index (χ2v) is 9.40. The van der Waals surface area contributed by atoms with Gasteiger partial charge < -0.3 is 19.9 Å². The predicted octanol–water partition coefficient (Wildman–Crippen LogP) is 2.30. The van der Waals surface area contributed by atoms with Gasteiger partial charge in [-0.15, -0.1) is 0 Å². The van der Waals surface area contributed by atoms with E-state index in [1.165, 1.54) is 0 Å². The molecule has 1 amide bonds. The van der Waals surface area contributed by atoms with Crippen LogP contribution in [0.3, 0.4) is 0 Å². The third-order valence-corrected chi connectivity index (χ3v) is 9.25. The Bertz CT molecular complexity index is 1100. The normalized spacial score (nSPS) is 43.0. The van der Waals surface area contributed by atoms with Crippen molar-refractivity contribution in [2.24, 2.45) is 46.3 Å². The van der Waals surface area contributed by atoms with Gasteiger partial charge in [0.2, 0.25) is 5.91 Å². The van der Waals surface area contributed by atoms with Gasteiger partial charge in [-0.05, 0) is 70.0 Å². The number of benzene rings is 2. The highest BCUT2D eigenvalue weighted by Gasteiger charge is 3.13. The molecule has 6 aliphatic carbocycles. The van der Waals surface area contributed by atoms with Gasteiger partial charge in [0.05, 0.1) is 25.0 Å². The van der Waals surface area contributed by atoms with Crippen LogP contribution in [-0.2, 0) is 16.1 Å². The van der Waals surface area contributed by atoms with Crippen LogP contribution in [0.5, 0.6) is 11.5 Å². The Kier molecular flexibility index (Phi) is 2.51. The number of fused-ring (bicyclic) bond motifs is 1. The Morgan fingerprint density at radius 1 is 0.897 bits per heavy atom. The number of hydrogen-bond acceptors (Lipinski definition) is 4. The quantitative estimate of drug-likeness (QED) is 0.789. The Balaban J connectivity index is 1.09. The van der Waals surface area contributed by atoms with Crippen molar-refractivity contribution in [1.29, 1.82) is 0 Å². The van der Waals surface area contributed by atoms with Crippen LogP contribution in [0, 0.1) is 46.3 Å². The minimum atomic E-state index is -0.613. The van der Waals surface area contributed by atoms with E-state index in [2.05, 4.69) is 11.4 Å². The summed E-state index contributed by atoms with van der Waals surface area (Å²) in [4.78, 5) is 24.7. The van der Waals surface area contributed by atoms with Crippen molar-refractivity contribution >= 4 is 22.6 Å². The summed E-state index contributed by atoms with van der Waals surface area (Å²) >= 11 is 0. The van der Waals surface area contributed by atoms with Gasteiger partial charge in [0.1, 0.15) is 0 Å². The van der Waals surface area contributed by atoms with Gasteiger partial charge >= 0.3 is 5.97 Å². The highest BCUT2D eigenvalue weighted by Crippen LogP contribution is 3.10. The van der Waals surface area contributed by atoms with Crippen LogP contribution in [-0.4, -0.2) is 31.2 Å². The fourth-order valence-corrected chi connectivity index (χ4v) is 8.48. The van der Waals surface area contributed by atoms with Gasteiger partial charge in [-0.25, -0.2) is 0 Å². The van der Waals surface area contributed by atoms with Gasteiger partial charge in [-0.1, -0.05) is 12.1 Å². The molecule has 0 aromatic heterocycles. The van der Waals surface area contributed by atoms with E-state index in [1.807, 2.05) is 24.3 Å². The number of nitrogens with one attached hydrogen (secondary N) is 1. The Morgan fingerprint density at radius 2 is 1.45 bits per heavy atom. The van der Waals surface area contributed by atoms with Crippen LogP contribution in [0.15, 0.2) is 30.3 Å². The van der Waals surface area contributed by atoms with Crippen LogP contribution in [0.4, 0.5) is 0 Å². The molecule has 148 valence electrons. The molecule has 0 atom stereocenters. The molecule has 6 fully saturated rings. The highest BCUT2D eigenvalue weighted by atomic mass is 16.5. The maximum absolute atomic E-state index is 13.0. The van der Waals surface area contributed by atoms with E-state index >= 15 is 0 Å². The lowest BCUT2D eigenvalue weighted by atomic mass is 8.92. The molecular weight excluding hydrogens is 370 g/mol. The molecule has 0 heterocycles. The molecule has 29 heavy (non-hydrogen) atoms. The number of methoxy groups -OCH3 is 2. The average Bonchev–Trinajstić information content (AvgIpc) is 2.75. The first-order valence-electron chi connectivity index (χ1n) is 10.2. The zero-order chi connectivity index (χ0) is 19.9. The molecule has 0 aliphatic heterocycles. The van der Waals surface area contributed by atoms with Crippen LogP contribution < -0.4 is 14.8 Å². The lowest BCUT2D eigenvalue weighted by molar-refractivity contribution is -0.626. The average molecular weight is 391 g/mol. The number of carboxylic acids is 1. The van der Waals surface area contributed by atoms with E-state index in [4.69, 9.17) is 9.47 Å². The number of carboxylic acid groups (broad SMARTS) is 1. The van der Waals surface area contributed by atoms with Crippen LogP contribution in [0.2, 0.25) is 0 Å². The molecule has 0 spiro atoms. The van der Waals surface area contributed by atoms with Crippen molar-refractivity contribution in [1.82, 2.24) is 5.32 Å². The molecule has 0 bridgehead atoms. The van der Waals surface area contributed by atoms with Crippen molar-refractivity contribution in [3.63, 3.8) is 0 Å². The molecule has 6 heteroatoms. The lowest BCUT2D eigenvalue weighted by Gasteiger charge is -3.09. The van der Waals surface area contributed by atoms with E-state index < -0.39 is 11.4 Å². The molecule has 2 aromatic carbocycles. The van der Waals surface area contributed by atoms with Crippen LogP contribution in [0.25, 0.3) is 10.8 Å². The van der Waals surface area contributed by atoms with E-state index in [1.54, 1.807) is 14.2 Å². The SMILES string of the molecule is COc1cc2ccc(CNC(=O)C34C5C6C3C3C4C5C63C(=O)O)cc2cc1OC. The van der Waals surface area contributed by atoms with E-state index in [-0.39, 0.29) is 29.1 Å². The molecule has 2 N–H and O–H groups in total. The Labute approximate surface area is 167 Å². The van der Waals surface area contributed by atoms with Crippen molar-refractivity contribution < 1.29 is 24.2 Å². The number of hydrogen-bond donors (Lipinski definition) is 2. The standard InChI is InChI=1S/C23H21NO5/c1-28-12-6-10-4-3-9(5-11(10)7-13(12)29-2)8-24-20(25)22-14-17-15(22)19-16(22)18(14)23(17,19)21(26)27/h3-7,14-19H,8H2,1-2H3,(H,24,25)(H,26,27). The van der Waals surface area contributed by atoms with E-state index in [9.17, 15) is 14.7 Å². The second kappa shape index (κ2) is 4.53. The molecule has 6 nitrogen and oxygen atoms in total. The zero-order valence-corrected chi connectivity index (χ0v) is 16.1. The van der Waals surface area contributed by atoms with Crippen molar-refractivity contribution in [3.8, 4) is 11.5 Å². The molecule has 6 aliphatic rings. The smallest absolute Gasteiger partial charge is 0.310 e. The molecule has 0 radical (unpaired) electrons. The summed E-state index contributed by atoms with van der Waals surface area (Å²) in [5.74, 6) is 2.79. The first-order chi connectivity index (χ1) is 14.0. The van der Waals surface area contributed by atoms with Gasteiger partial charge in [0.25, 0.3) is 0 Å². The molecule has 8 rings (SSSR count). The largest absolute Gasteiger partial charge is 0.493 e. The van der Waals surface area contributed by atoms with Gasteiger partial charge in [0, 0.05) is 6.54 Å². The monoisotopic (exact) mass is 391 g/mol. The summed E-state index contributed by atoms with van der Waals surface area (Å²) in [6.07, 6.45) is 0. The van der Waals surface area contributed by atoms with Crippen LogP contribution in [0.1, 0.15) is 5.56 Å². The maximum atomic E-state index is 13.0. The molecule has 0 saturated heterocycles. The lowest BCUT2D eigenvalue weighted by Crippen LogP contribution is -3.12. The van der Waals surface area contributed by atoms with Crippen LogP contribution >= 0.6 is 0 Å². The maximum Gasteiger partial charge on any atom is 0.310 e. The van der Waals surface area contributed by atoms with Gasteiger partial charge in [-0.2, -0.15) is 0 Å². The Hall–Kier alpha value is -2.76.